The van der Waals surface area contributed by atoms with Crippen molar-refractivity contribution in [1.82, 2.24) is 15.6 Å². The zero-order chi connectivity index (χ0) is 22.2. The van der Waals surface area contributed by atoms with Crippen molar-refractivity contribution in [2.75, 3.05) is 18.5 Å². The molecule has 1 aliphatic rings. The van der Waals surface area contributed by atoms with E-state index in [2.05, 4.69) is 20.9 Å². The van der Waals surface area contributed by atoms with Crippen LogP contribution >= 0.6 is 11.3 Å². The highest BCUT2D eigenvalue weighted by Crippen LogP contribution is 2.19. The van der Waals surface area contributed by atoms with Crippen LogP contribution in [0.2, 0.25) is 0 Å². The second-order valence-corrected chi connectivity index (χ2v) is 8.70. The average molecular weight is 445 g/mol. The normalized spacial score (nSPS) is 13.0. The van der Waals surface area contributed by atoms with E-state index in [1.165, 1.54) is 11.3 Å². The number of anilines is 1. The van der Waals surface area contributed by atoms with Crippen LogP contribution in [0, 0.1) is 5.92 Å². The Morgan fingerprint density at radius 2 is 1.90 bits per heavy atom. The van der Waals surface area contributed by atoms with Crippen molar-refractivity contribution in [2.45, 2.75) is 45.6 Å². The van der Waals surface area contributed by atoms with Crippen molar-refractivity contribution >= 4 is 34.2 Å². The molecule has 0 saturated heterocycles. The predicted molar refractivity (Wildman–Crippen MR) is 119 cm³/mol. The highest BCUT2D eigenvalue weighted by molar-refractivity contribution is 7.13. The first-order valence-corrected chi connectivity index (χ1v) is 11.3. The summed E-state index contributed by atoms with van der Waals surface area (Å²) < 4.78 is 5.49. The molecule has 0 unspecified atom stereocenters. The zero-order valence-corrected chi connectivity index (χ0v) is 18.6. The van der Waals surface area contributed by atoms with Crippen molar-refractivity contribution in [3.63, 3.8) is 0 Å². The second kappa shape index (κ2) is 10.9. The van der Waals surface area contributed by atoms with Gasteiger partial charge in [0.05, 0.1) is 12.1 Å². The molecule has 3 rings (SSSR count). The number of carbonyl (C=O) groups is 3. The number of hydrogen-bond acceptors (Lipinski definition) is 6. The van der Waals surface area contributed by atoms with Crippen molar-refractivity contribution in [1.29, 1.82) is 0 Å². The molecule has 0 radical (unpaired) electrons. The Balaban J connectivity index is 1.34. The van der Waals surface area contributed by atoms with Gasteiger partial charge in [-0.3, -0.25) is 14.4 Å². The van der Waals surface area contributed by atoms with Crippen molar-refractivity contribution in [3.8, 4) is 5.75 Å². The van der Waals surface area contributed by atoms with E-state index in [9.17, 15) is 14.4 Å². The molecule has 1 aliphatic carbocycles. The Labute approximate surface area is 185 Å². The minimum Gasteiger partial charge on any atom is -0.484 e. The van der Waals surface area contributed by atoms with E-state index in [4.69, 9.17) is 4.74 Å². The van der Waals surface area contributed by atoms with E-state index >= 15 is 0 Å². The van der Waals surface area contributed by atoms with Crippen LogP contribution in [0.4, 0.5) is 5.13 Å². The summed E-state index contributed by atoms with van der Waals surface area (Å²) in [5.74, 6) is 0.214. The van der Waals surface area contributed by atoms with Gasteiger partial charge in [-0.1, -0.05) is 26.0 Å². The molecule has 1 fully saturated rings. The fraction of sp³-hybridized carbons (Fsp3) is 0.455. The molecule has 31 heavy (non-hydrogen) atoms. The van der Waals surface area contributed by atoms with E-state index in [0.717, 1.165) is 18.4 Å². The molecule has 1 heterocycles. The molecule has 1 aromatic carbocycles. The minimum atomic E-state index is -0.122. The second-order valence-electron chi connectivity index (χ2n) is 7.84. The summed E-state index contributed by atoms with van der Waals surface area (Å²) in [5.41, 5.74) is 1.69. The molecule has 0 bridgehead atoms. The van der Waals surface area contributed by atoms with E-state index in [1.54, 1.807) is 5.38 Å². The lowest BCUT2D eigenvalue weighted by molar-refractivity contribution is -0.123. The number of rotatable bonds is 11. The maximum Gasteiger partial charge on any atom is 0.258 e. The average Bonchev–Trinajstić information content (AvgIpc) is 3.44. The maximum atomic E-state index is 12.1. The number of ether oxygens (including phenoxy) is 1. The van der Waals surface area contributed by atoms with Gasteiger partial charge in [0.1, 0.15) is 5.75 Å². The summed E-state index contributed by atoms with van der Waals surface area (Å²) in [6, 6.07) is 7.82. The van der Waals surface area contributed by atoms with Crippen LogP contribution in [0.15, 0.2) is 29.6 Å². The third-order valence-electron chi connectivity index (χ3n) is 4.62. The summed E-state index contributed by atoms with van der Waals surface area (Å²) in [4.78, 5) is 39.8. The molecule has 3 N–H and O–H groups in total. The van der Waals surface area contributed by atoms with Gasteiger partial charge in [-0.25, -0.2) is 4.98 Å². The lowest BCUT2D eigenvalue weighted by Gasteiger charge is -2.08. The van der Waals surface area contributed by atoms with Gasteiger partial charge in [0, 0.05) is 23.9 Å². The quantitative estimate of drug-likeness (QED) is 0.493. The van der Waals surface area contributed by atoms with Gasteiger partial charge in [0.25, 0.3) is 5.91 Å². The van der Waals surface area contributed by atoms with Gasteiger partial charge in [-0.2, -0.15) is 0 Å². The summed E-state index contributed by atoms with van der Waals surface area (Å²) in [6.07, 6.45) is 2.96. The van der Waals surface area contributed by atoms with Crippen LogP contribution in [0.25, 0.3) is 0 Å². The van der Waals surface area contributed by atoms with E-state index < -0.39 is 0 Å². The summed E-state index contributed by atoms with van der Waals surface area (Å²) in [7, 11) is 0. The van der Waals surface area contributed by atoms with E-state index in [0.29, 0.717) is 35.6 Å². The first-order valence-electron chi connectivity index (χ1n) is 10.4. The Bertz CT molecular complexity index is 906. The van der Waals surface area contributed by atoms with Crippen molar-refractivity contribution < 1.29 is 19.1 Å². The van der Waals surface area contributed by atoms with Crippen molar-refractivity contribution in [2.24, 2.45) is 5.92 Å². The van der Waals surface area contributed by atoms with E-state index in [-0.39, 0.29) is 36.7 Å². The summed E-state index contributed by atoms with van der Waals surface area (Å²) >= 11 is 1.31. The largest absolute Gasteiger partial charge is 0.484 e. The van der Waals surface area contributed by atoms with Gasteiger partial charge in [0.15, 0.2) is 11.7 Å². The maximum absolute atomic E-state index is 12.1. The number of aromatic nitrogens is 1. The SMILES string of the molecule is CC(C)C(=O)Nc1nc(CC(=O)NCCc2ccc(OCC(=O)NC3CC3)cc2)cs1. The monoisotopic (exact) mass is 444 g/mol. The molecule has 1 saturated carbocycles. The van der Waals surface area contributed by atoms with Crippen molar-refractivity contribution in [3.05, 3.63) is 40.9 Å². The first kappa shape index (κ1) is 22.7. The van der Waals surface area contributed by atoms with Gasteiger partial charge >= 0.3 is 0 Å². The fourth-order valence-corrected chi connectivity index (χ4v) is 3.38. The zero-order valence-electron chi connectivity index (χ0n) is 17.8. The highest BCUT2D eigenvalue weighted by atomic mass is 32.1. The van der Waals surface area contributed by atoms with Gasteiger partial charge < -0.3 is 20.7 Å². The summed E-state index contributed by atoms with van der Waals surface area (Å²) in [5, 5.41) is 10.8. The van der Waals surface area contributed by atoms with Gasteiger partial charge in [-0.15, -0.1) is 11.3 Å². The number of benzene rings is 1. The Morgan fingerprint density at radius 1 is 1.16 bits per heavy atom. The Kier molecular flexibility index (Phi) is 8.00. The number of carbonyl (C=O) groups excluding carboxylic acids is 3. The van der Waals surface area contributed by atoms with Crippen LogP contribution in [0.3, 0.4) is 0 Å². The molecule has 1 aromatic heterocycles. The fourth-order valence-electron chi connectivity index (χ4n) is 2.67. The lowest BCUT2D eigenvalue weighted by Crippen LogP contribution is -2.30. The molecule has 2 aromatic rings. The number of nitrogens with one attached hydrogen (secondary N) is 3. The van der Waals surface area contributed by atoms with Crippen LogP contribution in [0.5, 0.6) is 5.75 Å². The molecule has 0 aliphatic heterocycles. The third-order valence-corrected chi connectivity index (χ3v) is 5.43. The highest BCUT2D eigenvalue weighted by Gasteiger charge is 2.23. The third kappa shape index (κ3) is 8.01. The van der Waals surface area contributed by atoms with Gasteiger partial charge in [-0.05, 0) is 37.0 Å². The molecule has 8 nitrogen and oxygen atoms in total. The van der Waals surface area contributed by atoms with Crippen LogP contribution in [-0.2, 0) is 27.2 Å². The molecule has 166 valence electrons. The molecule has 3 amide bonds. The number of thiazole rings is 1. The first-order chi connectivity index (χ1) is 14.9. The number of amides is 3. The van der Waals surface area contributed by atoms with Crippen LogP contribution < -0.4 is 20.7 Å². The van der Waals surface area contributed by atoms with Crippen LogP contribution in [-0.4, -0.2) is 41.9 Å². The molecule has 0 spiro atoms. The molecular weight excluding hydrogens is 416 g/mol. The number of nitrogens with zero attached hydrogens (tertiary/aromatic N) is 1. The number of hydrogen-bond donors (Lipinski definition) is 3. The Hall–Kier alpha value is -2.94. The summed E-state index contributed by atoms with van der Waals surface area (Å²) in [6.45, 7) is 4.15. The topological polar surface area (TPSA) is 109 Å². The van der Waals surface area contributed by atoms with Crippen LogP contribution in [0.1, 0.15) is 37.9 Å². The minimum absolute atomic E-state index is 0.0192. The standard InChI is InChI=1S/C22H28N4O4S/c1-14(2)21(29)26-22-25-17(13-31-22)11-19(27)23-10-9-15-3-7-18(8-4-15)30-12-20(28)24-16-5-6-16/h3-4,7-8,13-14,16H,5-6,9-12H2,1-2H3,(H,23,27)(H,24,28)(H,25,26,29). The van der Waals surface area contributed by atoms with Gasteiger partial charge in [0.2, 0.25) is 11.8 Å². The molecule has 0 atom stereocenters. The smallest absolute Gasteiger partial charge is 0.258 e. The predicted octanol–water partition coefficient (Wildman–Crippen LogP) is 2.30. The van der Waals surface area contributed by atoms with E-state index in [1.807, 2.05) is 38.1 Å². The Morgan fingerprint density at radius 3 is 2.58 bits per heavy atom. The molecular formula is C22H28N4O4S. The molecule has 9 heteroatoms. The lowest BCUT2D eigenvalue weighted by atomic mass is 10.1.